The van der Waals surface area contributed by atoms with Crippen LogP contribution in [0.3, 0.4) is 0 Å². The number of carbonyl (C=O) groups is 1. The summed E-state index contributed by atoms with van der Waals surface area (Å²) in [5.74, 6) is -0.915. The molecule has 0 saturated heterocycles. The highest BCUT2D eigenvalue weighted by molar-refractivity contribution is 5.88. The number of carboxylic acids is 1. The van der Waals surface area contributed by atoms with Crippen molar-refractivity contribution in [3.63, 3.8) is 0 Å². The molecule has 2 rings (SSSR count). The third kappa shape index (κ3) is 1.79. The zero-order valence-electron chi connectivity index (χ0n) is 8.24. The predicted octanol–water partition coefficient (Wildman–Crippen LogP) is 1.72. The van der Waals surface area contributed by atoms with Gasteiger partial charge >= 0.3 is 5.97 Å². The number of anilines is 1. The number of fused-ring (bicyclic) bond motifs is 1. The summed E-state index contributed by atoms with van der Waals surface area (Å²) < 4.78 is 12.2. The normalized spacial score (nSPS) is 14.1. The van der Waals surface area contributed by atoms with Crippen molar-refractivity contribution in [1.82, 2.24) is 0 Å². The highest BCUT2D eigenvalue weighted by Crippen LogP contribution is 2.28. The molecule has 0 radical (unpaired) electrons. The lowest BCUT2D eigenvalue weighted by Crippen LogP contribution is -2.22. The zero-order valence-corrected chi connectivity index (χ0v) is 8.24. The smallest absolute Gasteiger partial charge is 0.335 e. The summed E-state index contributed by atoms with van der Waals surface area (Å²) in [7, 11) is 0. The second-order valence-corrected chi connectivity index (χ2v) is 3.57. The minimum Gasteiger partial charge on any atom is -0.478 e. The SMILES string of the molecule is O=C(O)c1ccc2c(c1)CCN2CCF. The standard InChI is InChI=1S/C11H12FNO2/c12-4-6-13-5-3-8-7-9(11(14)15)1-2-10(8)13/h1-2,7H,3-6H2,(H,14,15). The number of aromatic carboxylic acids is 1. The first-order valence-electron chi connectivity index (χ1n) is 4.89. The van der Waals surface area contributed by atoms with Gasteiger partial charge in [0.05, 0.1) is 5.56 Å². The molecule has 15 heavy (non-hydrogen) atoms. The van der Waals surface area contributed by atoms with Crippen molar-refractivity contribution < 1.29 is 14.3 Å². The van der Waals surface area contributed by atoms with Crippen LogP contribution in [0.5, 0.6) is 0 Å². The number of halogens is 1. The van der Waals surface area contributed by atoms with Crippen molar-refractivity contribution >= 4 is 11.7 Å². The summed E-state index contributed by atoms with van der Waals surface area (Å²) in [6.07, 6.45) is 0.802. The van der Waals surface area contributed by atoms with E-state index in [2.05, 4.69) is 0 Å². The third-order valence-electron chi connectivity index (χ3n) is 2.67. The van der Waals surface area contributed by atoms with Crippen LogP contribution >= 0.6 is 0 Å². The predicted molar refractivity (Wildman–Crippen MR) is 55.3 cm³/mol. The van der Waals surface area contributed by atoms with Gasteiger partial charge in [-0.15, -0.1) is 0 Å². The van der Waals surface area contributed by atoms with Gasteiger partial charge in [0.25, 0.3) is 0 Å². The summed E-state index contributed by atoms with van der Waals surface area (Å²) in [6.45, 7) is 0.794. The molecule has 0 aliphatic carbocycles. The molecule has 0 saturated carbocycles. The molecule has 0 bridgehead atoms. The first-order valence-corrected chi connectivity index (χ1v) is 4.89. The fourth-order valence-electron chi connectivity index (χ4n) is 1.94. The van der Waals surface area contributed by atoms with Gasteiger partial charge in [-0.3, -0.25) is 0 Å². The largest absolute Gasteiger partial charge is 0.478 e. The van der Waals surface area contributed by atoms with Crippen molar-refractivity contribution in [2.45, 2.75) is 6.42 Å². The Labute approximate surface area is 87.1 Å². The van der Waals surface area contributed by atoms with Crippen molar-refractivity contribution in [1.29, 1.82) is 0 Å². The van der Waals surface area contributed by atoms with E-state index < -0.39 is 5.97 Å². The maximum absolute atomic E-state index is 12.2. The Balaban J connectivity index is 2.29. The first-order chi connectivity index (χ1) is 7.22. The average Bonchev–Trinajstić information content (AvgIpc) is 2.61. The third-order valence-corrected chi connectivity index (χ3v) is 2.67. The Morgan fingerprint density at radius 3 is 3.00 bits per heavy atom. The van der Waals surface area contributed by atoms with E-state index in [4.69, 9.17) is 5.11 Å². The molecular weight excluding hydrogens is 197 g/mol. The fraction of sp³-hybridized carbons (Fsp3) is 0.364. The molecule has 1 aliphatic rings. The van der Waals surface area contributed by atoms with E-state index in [0.29, 0.717) is 12.1 Å². The number of nitrogens with zero attached hydrogens (tertiary/aromatic N) is 1. The summed E-state index contributed by atoms with van der Waals surface area (Å²) in [6, 6.07) is 5.01. The van der Waals surface area contributed by atoms with Crippen LogP contribution in [0.4, 0.5) is 10.1 Å². The molecule has 1 aromatic rings. The van der Waals surface area contributed by atoms with Crippen molar-refractivity contribution in [3.8, 4) is 0 Å². The number of carboxylic acid groups (broad SMARTS) is 1. The number of hydrogen-bond donors (Lipinski definition) is 1. The minimum atomic E-state index is -0.915. The Kier molecular flexibility index (Phi) is 2.58. The van der Waals surface area contributed by atoms with Crippen LogP contribution in [-0.2, 0) is 6.42 Å². The quantitative estimate of drug-likeness (QED) is 0.824. The van der Waals surface area contributed by atoms with Crippen LogP contribution in [-0.4, -0.2) is 30.8 Å². The number of alkyl halides is 1. The Hall–Kier alpha value is -1.58. The van der Waals surface area contributed by atoms with Gasteiger partial charge in [-0.05, 0) is 30.2 Å². The molecule has 0 atom stereocenters. The molecule has 4 heteroatoms. The van der Waals surface area contributed by atoms with Gasteiger partial charge in [0.2, 0.25) is 0 Å². The van der Waals surface area contributed by atoms with E-state index in [1.807, 2.05) is 4.90 Å². The summed E-state index contributed by atoms with van der Waals surface area (Å²) in [5, 5.41) is 8.81. The molecule has 80 valence electrons. The topological polar surface area (TPSA) is 40.5 Å². The molecule has 0 aromatic heterocycles. The van der Waals surface area contributed by atoms with Gasteiger partial charge in [-0.1, -0.05) is 0 Å². The maximum atomic E-state index is 12.2. The van der Waals surface area contributed by atoms with E-state index in [9.17, 15) is 9.18 Å². The van der Waals surface area contributed by atoms with Crippen molar-refractivity contribution in [2.24, 2.45) is 0 Å². The van der Waals surface area contributed by atoms with E-state index in [-0.39, 0.29) is 6.67 Å². The van der Waals surface area contributed by atoms with Crippen LogP contribution < -0.4 is 4.90 Å². The minimum absolute atomic E-state index is 0.302. The Bertz CT molecular complexity index is 392. The molecule has 0 spiro atoms. The van der Waals surface area contributed by atoms with Gasteiger partial charge in [-0.2, -0.15) is 0 Å². The fourth-order valence-corrected chi connectivity index (χ4v) is 1.94. The highest BCUT2D eigenvalue weighted by Gasteiger charge is 2.19. The van der Waals surface area contributed by atoms with Crippen molar-refractivity contribution in [3.05, 3.63) is 29.3 Å². The van der Waals surface area contributed by atoms with E-state index in [1.165, 1.54) is 0 Å². The van der Waals surface area contributed by atoms with E-state index >= 15 is 0 Å². The van der Waals surface area contributed by atoms with Gasteiger partial charge < -0.3 is 10.0 Å². The summed E-state index contributed by atoms with van der Waals surface area (Å²) >= 11 is 0. The molecule has 0 unspecified atom stereocenters. The molecule has 1 heterocycles. The molecule has 3 nitrogen and oxygen atoms in total. The number of hydrogen-bond acceptors (Lipinski definition) is 2. The van der Waals surface area contributed by atoms with Crippen LogP contribution in [0.2, 0.25) is 0 Å². The molecule has 0 fully saturated rings. The van der Waals surface area contributed by atoms with Crippen LogP contribution in [0.15, 0.2) is 18.2 Å². The molecule has 0 amide bonds. The lowest BCUT2D eigenvalue weighted by molar-refractivity contribution is 0.0697. The van der Waals surface area contributed by atoms with Crippen LogP contribution in [0.1, 0.15) is 15.9 Å². The maximum Gasteiger partial charge on any atom is 0.335 e. The molecular formula is C11H12FNO2. The number of rotatable bonds is 3. The lowest BCUT2D eigenvalue weighted by atomic mass is 10.1. The van der Waals surface area contributed by atoms with Crippen LogP contribution in [0, 0.1) is 0 Å². The van der Waals surface area contributed by atoms with E-state index in [1.54, 1.807) is 18.2 Å². The monoisotopic (exact) mass is 209 g/mol. The van der Waals surface area contributed by atoms with Gasteiger partial charge in [-0.25, -0.2) is 9.18 Å². The molecule has 1 aliphatic heterocycles. The Morgan fingerprint density at radius 1 is 1.53 bits per heavy atom. The second-order valence-electron chi connectivity index (χ2n) is 3.57. The van der Waals surface area contributed by atoms with Crippen LogP contribution in [0.25, 0.3) is 0 Å². The first kappa shape index (κ1) is 9.96. The second kappa shape index (κ2) is 3.88. The van der Waals surface area contributed by atoms with E-state index in [0.717, 1.165) is 24.2 Å². The lowest BCUT2D eigenvalue weighted by Gasteiger charge is -2.17. The zero-order chi connectivity index (χ0) is 10.8. The van der Waals surface area contributed by atoms with Gasteiger partial charge in [0, 0.05) is 18.8 Å². The number of benzene rings is 1. The average molecular weight is 209 g/mol. The highest BCUT2D eigenvalue weighted by atomic mass is 19.1. The Morgan fingerprint density at radius 2 is 2.33 bits per heavy atom. The molecule has 1 N–H and O–H groups in total. The summed E-state index contributed by atoms with van der Waals surface area (Å²) in [5.41, 5.74) is 2.27. The molecule has 1 aromatic carbocycles. The summed E-state index contributed by atoms with van der Waals surface area (Å²) in [4.78, 5) is 12.7. The van der Waals surface area contributed by atoms with Gasteiger partial charge in [0.1, 0.15) is 6.67 Å². The van der Waals surface area contributed by atoms with Gasteiger partial charge in [0.15, 0.2) is 0 Å². The van der Waals surface area contributed by atoms with Crippen molar-refractivity contribution in [2.75, 3.05) is 24.7 Å².